The summed E-state index contributed by atoms with van der Waals surface area (Å²) in [5.74, 6) is 0. The van der Waals surface area contributed by atoms with Crippen LogP contribution in [0.2, 0.25) is 0 Å². The zero-order valence-corrected chi connectivity index (χ0v) is 9.04. The summed E-state index contributed by atoms with van der Waals surface area (Å²) in [5.41, 5.74) is 0. The number of hydrogen-bond acceptors (Lipinski definition) is 1. The second-order valence-corrected chi connectivity index (χ2v) is 0. The molecule has 0 rings (SSSR count). The molecule has 4 heavy (non-hydrogen) atoms. The van der Waals surface area contributed by atoms with Crippen LogP contribution in [-0.2, 0) is 40.4 Å². The quantitative estimate of drug-likeness (QED) is 0.467. The summed E-state index contributed by atoms with van der Waals surface area (Å²) in [6.45, 7) is 0. The normalized spacial score (nSPS) is 1.50. The molecule has 4 heteroatoms. The van der Waals surface area contributed by atoms with Crippen LogP contribution in [-0.4, -0.2) is 24.4 Å². The van der Waals surface area contributed by atoms with Gasteiger partial charge in [-0.25, -0.2) is 0 Å². The van der Waals surface area contributed by atoms with Gasteiger partial charge in [0.15, 0.2) is 0 Å². The van der Waals surface area contributed by atoms with E-state index in [0.29, 0.717) is 0 Å². The van der Waals surface area contributed by atoms with Gasteiger partial charge in [0.05, 0.1) is 0 Å². The zero-order valence-electron chi connectivity index (χ0n) is 1.75. The Morgan fingerprint density at radius 3 is 1.25 bits per heavy atom. The van der Waals surface area contributed by atoms with Crippen molar-refractivity contribution in [2.24, 2.45) is 0 Å². The SMILES string of the molecule is [O]=[Ni].[Pt].[SbH3]. The molecule has 0 aromatic heterocycles. The third-order valence-electron chi connectivity index (χ3n) is 0. The second-order valence-electron chi connectivity index (χ2n) is 0. The van der Waals surface area contributed by atoms with Crippen LogP contribution in [0.3, 0.4) is 0 Å². The van der Waals surface area contributed by atoms with Gasteiger partial charge in [0.2, 0.25) is 0 Å². The summed E-state index contributed by atoms with van der Waals surface area (Å²) in [6.07, 6.45) is 0. The molecule has 0 unspecified atom stereocenters. The minimum absolute atomic E-state index is 0. The van der Waals surface area contributed by atoms with E-state index >= 15 is 0 Å². The van der Waals surface area contributed by atoms with Crippen molar-refractivity contribution in [1.29, 1.82) is 0 Å². The van der Waals surface area contributed by atoms with E-state index in [-0.39, 0.29) is 45.5 Å². The van der Waals surface area contributed by atoms with E-state index in [0.717, 1.165) is 0 Å². The first-order valence-electron chi connectivity index (χ1n) is 0.129. The van der Waals surface area contributed by atoms with Crippen molar-refractivity contribution in [3.8, 4) is 0 Å². The summed E-state index contributed by atoms with van der Waals surface area (Å²) in [5, 5.41) is 0. The molecule has 34 valence electrons. The molecule has 1 nitrogen and oxygen atoms in total. The van der Waals surface area contributed by atoms with Gasteiger partial charge in [0, 0.05) is 21.1 Å². The third-order valence-corrected chi connectivity index (χ3v) is 0. The molecule has 0 amide bonds. The van der Waals surface area contributed by atoms with Gasteiger partial charge in [0.1, 0.15) is 0 Å². The van der Waals surface area contributed by atoms with Crippen molar-refractivity contribution in [2.45, 2.75) is 0 Å². The van der Waals surface area contributed by atoms with Crippen molar-refractivity contribution in [3.63, 3.8) is 0 Å². The van der Waals surface area contributed by atoms with Crippen LogP contribution in [0.1, 0.15) is 0 Å². The zero-order chi connectivity index (χ0) is 2.00. The van der Waals surface area contributed by atoms with E-state index in [4.69, 9.17) is 3.90 Å². The molecular weight excluding hydrogens is 392 g/mol. The Morgan fingerprint density at radius 2 is 1.25 bits per heavy atom. The number of hydrogen-bond donors (Lipinski definition) is 0. The monoisotopic (exact) mass is 393 g/mol. The molecule has 0 fully saturated rings. The first-order valence-corrected chi connectivity index (χ1v) is 0.532. The van der Waals surface area contributed by atoms with E-state index in [1.54, 1.807) is 0 Å². The summed E-state index contributed by atoms with van der Waals surface area (Å²) >= 11 is 2.62. The first kappa shape index (κ1) is 17.0. The fourth-order valence-electron chi connectivity index (χ4n) is 0. The molecule has 0 saturated heterocycles. The van der Waals surface area contributed by atoms with Crippen LogP contribution in [0, 0.1) is 0 Å². The molecule has 0 radical (unpaired) electrons. The molecule has 0 saturated carbocycles. The fraction of sp³-hybridized carbons (Fsp3) is 0. The summed E-state index contributed by atoms with van der Waals surface area (Å²) in [7, 11) is 0. The Kier molecular flexibility index (Phi) is 91.2. The third kappa shape index (κ3) is 9.20. The molecule has 0 aliphatic heterocycles. The molecule has 0 aliphatic carbocycles. The van der Waals surface area contributed by atoms with Crippen LogP contribution >= 0.6 is 0 Å². The average molecular weight is 395 g/mol. The molecule has 0 atom stereocenters. The van der Waals surface area contributed by atoms with Gasteiger partial charge >= 0.3 is 43.7 Å². The Labute approximate surface area is 64.2 Å². The Balaban J connectivity index is -0.00000000500. The Morgan fingerprint density at radius 1 is 1.25 bits per heavy atom. The molecule has 0 heterocycles. The molecule has 0 aromatic rings. The van der Waals surface area contributed by atoms with Gasteiger partial charge in [-0.3, -0.25) is 0 Å². The van der Waals surface area contributed by atoms with E-state index < -0.39 is 0 Å². The predicted molar refractivity (Wildman–Crippen MR) is 10.6 cm³/mol. The van der Waals surface area contributed by atoms with Gasteiger partial charge in [-0.1, -0.05) is 0 Å². The maximum atomic E-state index is 7.88. The Hall–Kier alpha value is 1.80. The number of rotatable bonds is 0. The van der Waals surface area contributed by atoms with Crippen molar-refractivity contribution in [3.05, 3.63) is 0 Å². The molecular formula is H3NiOPtSb. The minimum atomic E-state index is 0. The van der Waals surface area contributed by atoms with Gasteiger partial charge < -0.3 is 0 Å². The van der Waals surface area contributed by atoms with E-state index in [1.807, 2.05) is 0 Å². The van der Waals surface area contributed by atoms with Crippen molar-refractivity contribution in [2.75, 3.05) is 0 Å². The van der Waals surface area contributed by atoms with Gasteiger partial charge in [-0.05, 0) is 0 Å². The Bertz CT molecular complexity index is 8.00. The summed E-state index contributed by atoms with van der Waals surface area (Å²) < 4.78 is 7.88. The van der Waals surface area contributed by atoms with Gasteiger partial charge in [-0.2, -0.15) is 0 Å². The molecule has 0 spiro atoms. The molecule has 0 aliphatic rings. The molecule has 0 N–H and O–H groups in total. The van der Waals surface area contributed by atoms with Gasteiger partial charge in [0.25, 0.3) is 0 Å². The average Bonchev–Trinajstić information content (AvgIpc) is 1.00. The maximum absolute atomic E-state index is 7.88. The second kappa shape index (κ2) is 21.4. The molecule has 0 aromatic carbocycles. The van der Waals surface area contributed by atoms with E-state index in [9.17, 15) is 0 Å². The standard InChI is InChI=1S/Ni.O.Pt.Sb.3H. The van der Waals surface area contributed by atoms with Crippen molar-refractivity contribution < 1.29 is 40.4 Å². The van der Waals surface area contributed by atoms with Crippen LogP contribution < -0.4 is 0 Å². The summed E-state index contributed by atoms with van der Waals surface area (Å²) in [6, 6.07) is 0. The topological polar surface area (TPSA) is 17.1 Å². The van der Waals surface area contributed by atoms with E-state index in [1.165, 1.54) is 0 Å². The van der Waals surface area contributed by atoms with Crippen molar-refractivity contribution >= 4 is 24.4 Å². The van der Waals surface area contributed by atoms with Crippen LogP contribution in [0.25, 0.3) is 0 Å². The van der Waals surface area contributed by atoms with Crippen LogP contribution in [0.4, 0.5) is 0 Å². The van der Waals surface area contributed by atoms with Gasteiger partial charge in [-0.15, -0.1) is 0 Å². The van der Waals surface area contributed by atoms with Crippen LogP contribution in [0.15, 0.2) is 0 Å². The van der Waals surface area contributed by atoms with Crippen LogP contribution in [0.5, 0.6) is 0 Å². The van der Waals surface area contributed by atoms with E-state index in [2.05, 4.69) is 15.4 Å². The predicted octanol–water partition coefficient (Wildman–Crippen LogP) is -1.31. The first-order chi connectivity index (χ1) is 1.00. The summed E-state index contributed by atoms with van der Waals surface area (Å²) in [4.78, 5) is 0. The van der Waals surface area contributed by atoms with Crippen molar-refractivity contribution in [1.82, 2.24) is 0 Å². The fourth-order valence-corrected chi connectivity index (χ4v) is 0. The molecule has 0 bridgehead atoms.